The van der Waals surface area contributed by atoms with E-state index in [0.717, 1.165) is 28.8 Å². The van der Waals surface area contributed by atoms with Crippen LogP contribution in [0.1, 0.15) is 18.2 Å². The molecule has 0 spiro atoms. The summed E-state index contributed by atoms with van der Waals surface area (Å²) in [5.74, 6) is 0. The number of nitrogens with zero attached hydrogens (tertiary/aromatic N) is 2. The Hall–Kier alpha value is -1.62. The van der Waals surface area contributed by atoms with Gasteiger partial charge >= 0.3 is 5.69 Å². The van der Waals surface area contributed by atoms with E-state index in [1.807, 2.05) is 11.5 Å². The first kappa shape index (κ1) is 9.59. The molecule has 1 unspecified atom stereocenters. The second-order valence-corrected chi connectivity index (χ2v) is 4.41. The minimum Gasteiger partial charge on any atom is -0.308 e. The van der Waals surface area contributed by atoms with Crippen LogP contribution >= 0.6 is 0 Å². The summed E-state index contributed by atoms with van der Waals surface area (Å²) in [5.41, 5.74) is 3.91. The van der Waals surface area contributed by atoms with Gasteiger partial charge in [-0.15, -0.1) is 0 Å². The van der Waals surface area contributed by atoms with Gasteiger partial charge in [-0.1, -0.05) is 0 Å². The smallest absolute Gasteiger partial charge is 0.308 e. The predicted molar refractivity (Wildman–Crippen MR) is 61.4 cm³/mol. The fourth-order valence-corrected chi connectivity index (χ4v) is 2.32. The molecule has 0 radical (unpaired) electrons. The zero-order valence-electron chi connectivity index (χ0n) is 9.37. The summed E-state index contributed by atoms with van der Waals surface area (Å²) in [4.78, 5) is 19.0. The molecule has 0 bridgehead atoms. The number of nitrogens with one attached hydrogen (secondary N) is 2. The molecule has 0 aliphatic carbocycles. The average molecular weight is 218 g/mol. The van der Waals surface area contributed by atoms with E-state index in [1.165, 1.54) is 0 Å². The Balaban J connectivity index is 2.43. The lowest BCUT2D eigenvalue weighted by atomic mass is 10.1. The third-order valence-corrected chi connectivity index (χ3v) is 3.21. The van der Waals surface area contributed by atoms with Crippen LogP contribution in [0.4, 0.5) is 0 Å². The van der Waals surface area contributed by atoms with Gasteiger partial charge in [-0.05, 0) is 13.8 Å². The maximum absolute atomic E-state index is 11.8. The van der Waals surface area contributed by atoms with Crippen molar-refractivity contribution in [3.05, 3.63) is 27.9 Å². The highest BCUT2D eigenvalue weighted by Gasteiger charge is 2.19. The molecule has 1 aliphatic heterocycles. The molecule has 2 aromatic heterocycles. The van der Waals surface area contributed by atoms with E-state index in [2.05, 4.69) is 22.2 Å². The topological polar surface area (TPSA) is 62.7 Å². The van der Waals surface area contributed by atoms with Gasteiger partial charge in [0.05, 0.1) is 17.2 Å². The van der Waals surface area contributed by atoms with E-state index >= 15 is 0 Å². The van der Waals surface area contributed by atoms with Gasteiger partial charge in [0.2, 0.25) is 0 Å². The lowest BCUT2D eigenvalue weighted by Gasteiger charge is -2.09. The molecule has 84 valence electrons. The van der Waals surface area contributed by atoms with Crippen molar-refractivity contribution in [2.24, 2.45) is 0 Å². The van der Waals surface area contributed by atoms with Crippen molar-refractivity contribution in [3.63, 3.8) is 0 Å². The zero-order chi connectivity index (χ0) is 11.3. The van der Waals surface area contributed by atoms with E-state index in [9.17, 15) is 4.79 Å². The first-order chi connectivity index (χ1) is 7.66. The fraction of sp³-hybridized carbons (Fsp3) is 0.455. The van der Waals surface area contributed by atoms with Crippen molar-refractivity contribution < 1.29 is 0 Å². The summed E-state index contributed by atoms with van der Waals surface area (Å²) in [6.07, 6.45) is 1.74. The minimum absolute atomic E-state index is 0.0424. The third kappa shape index (κ3) is 1.21. The van der Waals surface area contributed by atoms with Gasteiger partial charge < -0.3 is 10.3 Å². The quantitative estimate of drug-likeness (QED) is 0.678. The molecule has 16 heavy (non-hydrogen) atoms. The Bertz CT molecular complexity index is 610. The molecule has 2 aromatic rings. The number of pyridine rings is 1. The Labute approximate surface area is 92.5 Å². The third-order valence-electron chi connectivity index (χ3n) is 3.21. The summed E-state index contributed by atoms with van der Waals surface area (Å²) in [6.45, 7) is 5.54. The van der Waals surface area contributed by atoms with Gasteiger partial charge in [-0.3, -0.25) is 9.55 Å². The van der Waals surface area contributed by atoms with Crippen LogP contribution in [0, 0.1) is 6.92 Å². The standard InChI is InChI=1S/C11H14N4O/c1-6-5-15-10-8(3-12-6)7(2)13-4-9(10)14-11(15)16/h4,6,12H,3,5H2,1-2H3,(H,14,16). The van der Waals surface area contributed by atoms with Gasteiger partial charge in [0.1, 0.15) is 0 Å². The van der Waals surface area contributed by atoms with Gasteiger partial charge in [-0.2, -0.15) is 0 Å². The highest BCUT2D eigenvalue weighted by molar-refractivity contribution is 5.79. The Morgan fingerprint density at radius 2 is 2.38 bits per heavy atom. The van der Waals surface area contributed by atoms with E-state index in [4.69, 9.17) is 0 Å². The van der Waals surface area contributed by atoms with Crippen LogP contribution in [0.25, 0.3) is 11.0 Å². The zero-order valence-corrected chi connectivity index (χ0v) is 9.37. The molecular formula is C11H14N4O. The van der Waals surface area contributed by atoms with Crippen LogP contribution in [0.2, 0.25) is 0 Å². The summed E-state index contributed by atoms with van der Waals surface area (Å²) in [6, 6.07) is 0.295. The number of H-pyrrole nitrogens is 1. The molecule has 5 heteroatoms. The molecule has 0 saturated carbocycles. The van der Waals surface area contributed by atoms with Crippen LogP contribution in [-0.2, 0) is 13.1 Å². The summed E-state index contributed by atoms with van der Waals surface area (Å²) >= 11 is 0. The number of rotatable bonds is 0. The predicted octanol–water partition coefficient (Wildman–Crippen LogP) is 0.525. The van der Waals surface area contributed by atoms with Crippen molar-refractivity contribution in [1.82, 2.24) is 19.9 Å². The van der Waals surface area contributed by atoms with Crippen molar-refractivity contribution in [2.75, 3.05) is 0 Å². The summed E-state index contributed by atoms with van der Waals surface area (Å²) in [7, 11) is 0. The average Bonchev–Trinajstić information content (AvgIpc) is 2.46. The molecule has 0 aromatic carbocycles. The SMILES string of the molecule is Cc1ncc2[nH]c(=O)n3c2c1CNC(C)C3. The van der Waals surface area contributed by atoms with Crippen molar-refractivity contribution in [3.8, 4) is 0 Å². The Morgan fingerprint density at radius 1 is 1.56 bits per heavy atom. The summed E-state index contributed by atoms with van der Waals surface area (Å²) < 4.78 is 1.81. The minimum atomic E-state index is -0.0424. The molecule has 0 amide bonds. The van der Waals surface area contributed by atoms with Gasteiger partial charge in [0.25, 0.3) is 0 Å². The van der Waals surface area contributed by atoms with Crippen LogP contribution in [0.3, 0.4) is 0 Å². The Morgan fingerprint density at radius 3 is 3.19 bits per heavy atom. The van der Waals surface area contributed by atoms with E-state index in [-0.39, 0.29) is 5.69 Å². The monoisotopic (exact) mass is 218 g/mol. The number of imidazole rings is 1. The number of aromatic amines is 1. The molecule has 2 N–H and O–H groups in total. The van der Waals surface area contributed by atoms with Gasteiger partial charge in [0.15, 0.2) is 0 Å². The summed E-state index contributed by atoms with van der Waals surface area (Å²) in [5, 5.41) is 3.39. The number of hydrogen-bond donors (Lipinski definition) is 2. The molecule has 1 atom stereocenters. The van der Waals surface area contributed by atoms with Gasteiger partial charge in [-0.25, -0.2) is 4.79 Å². The normalized spacial score (nSPS) is 20.0. The molecular weight excluding hydrogens is 204 g/mol. The first-order valence-corrected chi connectivity index (χ1v) is 5.47. The van der Waals surface area contributed by atoms with E-state index < -0.39 is 0 Å². The number of aromatic nitrogens is 3. The van der Waals surface area contributed by atoms with Crippen molar-refractivity contribution in [2.45, 2.75) is 33.0 Å². The first-order valence-electron chi connectivity index (χ1n) is 5.47. The van der Waals surface area contributed by atoms with Crippen LogP contribution in [0.15, 0.2) is 11.0 Å². The fourth-order valence-electron chi connectivity index (χ4n) is 2.32. The molecule has 5 nitrogen and oxygen atoms in total. The maximum atomic E-state index is 11.8. The lowest BCUT2D eigenvalue weighted by molar-refractivity contribution is 0.490. The molecule has 3 rings (SSSR count). The maximum Gasteiger partial charge on any atom is 0.326 e. The second-order valence-electron chi connectivity index (χ2n) is 4.41. The van der Waals surface area contributed by atoms with E-state index in [0.29, 0.717) is 12.6 Å². The largest absolute Gasteiger partial charge is 0.326 e. The second kappa shape index (κ2) is 3.18. The molecule has 0 fully saturated rings. The van der Waals surface area contributed by atoms with Crippen molar-refractivity contribution in [1.29, 1.82) is 0 Å². The number of aryl methyl sites for hydroxylation is 1. The number of hydrogen-bond acceptors (Lipinski definition) is 3. The Kier molecular flexibility index (Phi) is 1.91. The highest BCUT2D eigenvalue weighted by atomic mass is 16.1. The van der Waals surface area contributed by atoms with Gasteiger partial charge in [0, 0.05) is 30.4 Å². The van der Waals surface area contributed by atoms with Crippen LogP contribution in [0.5, 0.6) is 0 Å². The van der Waals surface area contributed by atoms with Crippen molar-refractivity contribution >= 4 is 11.0 Å². The van der Waals surface area contributed by atoms with Crippen LogP contribution < -0.4 is 11.0 Å². The lowest BCUT2D eigenvalue weighted by Crippen LogP contribution is -2.30. The highest BCUT2D eigenvalue weighted by Crippen LogP contribution is 2.20. The molecule has 1 aliphatic rings. The molecule has 0 saturated heterocycles. The van der Waals surface area contributed by atoms with Crippen LogP contribution in [-0.4, -0.2) is 20.6 Å². The van der Waals surface area contributed by atoms with E-state index in [1.54, 1.807) is 6.20 Å². The molecule has 3 heterocycles.